The van der Waals surface area contributed by atoms with E-state index in [4.69, 9.17) is 5.73 Å². The van der Waals surface area contributed by atoms with E-state index < -0.39 is 0 Å². The fourth-order valence-corrected chi connectivity index (χ4v) is 2.45. The van der Waals surface area contributed by atoms with Gasteiger partial charge in [0.05, 0.1) is 11.4 Å². The van der Waals surface area contributed by atoms with Crippen molar-refractivity contribution in [1.29, 1.82) is 0 Å². The summed E-state index contributed by atoms with van der Waals surface area (Å²) in [7, 11) is 0. The van der Waals surface area contributed by atoms with Crippen LogP contribution in [0.5, 0.6) is 0 Å². The smallest absolute Gasteiger partial charge is 0.148 e. The predicted molar refractivity (Wildman–Crippen MR) is 74.1 cm³/mol. The van der Waals surface area contributed by atoms with Crippen molar-refractivity contribution in [3.8, 4) is 0 Å². The molecule has 1 aliphatic rings. The van der Waals surface area contributed by atoms with Gasteiger partial charge in [-0.2, -0.15) is 0 Å². The number of hydrogen-bond donors (Lipinski definition) is 2. The van der Waals surface area contributed by atoms with Crippen LogP contribution in [-0.2, 0) is 0 Å². The fourth-order valence-electron chi connectivity index (χ4n) is 2.45. The number of benzene rings is 1. The number of rotatable bonds is 4. The van der Waals surface area contributed by atoms with E-state index in [0.29, 0.717) is 11.6 Å². The van der Waals surface area contributed by atoms with Crippen LogP contribution in [0.2, 0.25) is 0 Å². The lowest BCUT2D eigenvalue weighted by Gasteiger charge is -2.31. The molecular formula is C14H22FN3. The van der Waals surface area contributed by atoms with Crippen molar-refractivity contribution >= 4 is 11.4 Å². The summed E-state index contributed by atoms with van der Waals surface area (Å²) in [5.74, 6) is 0.316. The highest BCUT2D eigenvalue weighted by Crippen LogP contribution is 2.23. The van der Waals surface area contributed by atoms with Gasteiger partial charge >= 0.3 is 0 Å². The van der Waals surface area contributed by atoms with Gasteiger partial charge in [0.1, 0.15) is 5.82 Å². The first kappa shape index (κ1) is 13.1. The third-order valence-electron chi connectivity index (χ3n) is 3.79. The third kappa shape index (κ3) is 3.13. The molecule has 1 aliphatic heterocycles. The number of anilines is 2. The molecule has 100 valence electrons. The van der Waals surface area contributed by atoms with Gasteiger partial charge in [0, 0.05) is 6.54 Å². The molecule has 18 heavy (non-hydrogen) atoms. The quantitative estimate of drug-likeness (QED) is 0.808. The Balaban J connectivity index is 1.83. The summed E-state index contributed by atoms with van der Waals surface area (Å²) in [6.45, 7) is 6.55. The normalized spacial score (nSPS) is 17.9. The zero-order chi connectivity index (χ0) is 13.0. The Kier molecular flexibility index (Phi) is 4.42. The van der Waals surface area contributed by atoms with Gasteiger partial charge < -0.3 is 16.0 Å². The minimum atomic E-state index is -0.346. The van der Waals surface area contributed by atoms with Crippen LogP contribution >= 0.6 is 0 Å². The summed E-state index contributed by atoms with van der Waals surface area (Å²) in [5.41, 5.74) is 6.64. The van der Waals surface area contributed by atoms with Crippen molar-refractivity contribution in [1.82, 2.24) is 4.90 Å². The SMILES string of the molecule is CCN1CCC(CNc2cccc(F)c2N)CC1. The molecule has 1 aromatic carbocycles. The molecule has 0 radical (unpaired) electrons. The Bertz CT molecular complexity index is 387. The Morgan fingerprint density at radius 2 is 2.11 bits per heavy atom. The van der Waals surface area contributed by atoms with Gasteiger partial charge in [0.15, 0.2) is 0 Å². The molecule has 0 aliphatic carbocycles. The molecule has 1 heterocycles. The molecular weight excluding hydrogens is 229 g/mol. The van der Waals surface area contributed by atoms with E-state index in [0.717, 1.165) is 13.1 Å². The Hall–Kier alpha value is -1.29. The number of nitrogens with zero attached hydrogens (tertiary/aromatic N) is 1. The standard InChI is InChI=1S/C14H22FN3/c1-2-18-8-6-11(7-9-18)10-17-13-5-3-4-12(15)14(13)16/h3-5,11,17H,2,6-10,16H2,1H3. The molecule has 2 rings (SSSR count). The number of nitrogens with two attached hydrogens (primary N) is 1. The second-order valence-electron chi connectivity index (χ2n) is 4.96. The molecule has 4 heteroatoms. The summed E-state index contributed by atoms with van der Waals surface area (Å²) in [6, 6.07) is 4.91. The van der Waals surface area contributed by atoms with E-state index in [-0.39, 0.29) is 11.5 Å². The molecule has 3 nitrogen and oxygen atoms in total. The molecule has 0 unspecified atom stereocenters. The van der Waals surface area contributed by atoms with Gasteiger partial charge in [-0.1, -0.05) is 13.0 Å². The largest absolute Gasteiger partial charge is 0.395 e. The van der Waals surface area contributed by atoms with Crippen LogP contribution in [0.3, 0.4) is 0 Å². The van der Waals surface area contributed by atoms with Gasteiger partial charge in [0.25, 0.3) is 0 Å². The highest BCUT2D eigenvalue weighted by atomic mass is 19.1. The third-order valence-corrected chi connectivity index (χ3v) is 3.79. The minimum absolute atomic E-state index is 0.225. The van der Waals surface area contributed by atoms with E-state index in [1.807, 2.05) is 6.07 Å². The van der Waals surface area contributed by atoms with E-state index >= 15 is 0 Å². The van der Waals surface area contributed by atoms with Crippen molar-refractivity contribution in [2.24, 2.45) is 5.92 Å². The lowest BCUT2D eigenvalue weighted by atomic mass is 9.96. The van der Waals surface area contributed by atoms with Crippen molar-refractivity contribution in [2.45, 2.75) is 19.8 Å². The highest BCUT2D eigenvalue weighted by molar-refractivity contribution is 5.66. The topological polar surface area (TPSA) is 41.3 Å². The molecule has 0 atom stereocenters. The van der Waals surface area contributed by atoms with Crippen LogP contribution in [0.1, 0.15) is 19.8 Å². The molecule has 0 spiro atoms. The first-order chi connectivity index (χ1) is 8.70. The minimum Gasteiger partial charge on any atom is -0.395 e. The van der Waals surface area contributed by atoms with Crippen LogP contribution in [0.4, 0.5) is 15.8 Å². The van der Waals surface area contributed by atoms with E-state index in [9.17, 15) is 4.39 Å². The first-order valence-electron chi connectivity index (χ1n) is 6.71. The maximum Gasteiger partial charge on any atom is 0.148 e. The molecule has 0 amide bonds. The highest BCUT2D eigenvalue weighted by Gasteiger charge is 2.18. The van der Waals surface area contributed by atoms with E-state index in [2.05, 4.69) is 17.1 Å². The van der Waals surface area contributed by atoms with Crippen molar-refractivity contribution in [2.75, 3.05) is 37.2 Å². The number of nitrogen functional groups attached to an aromatic ring is 1. The second kappa shape index (κ2) is 6.05. The number of halogens is 1. The lowest BCUT2D eigenvalue weighted by Crippen LogP contribution is -2.35. The lowest BCUT2D eigenvalue weighted by molar-refractivity contribution is 0.198. The van der Waals surface area contributed by atoms with Crippen LogP contribution in [0, 0.1) is 11.7 Å². The van der Waals surface area contributed by atoms with Crippen LogP contribution in [-0.4, -0.2) is 31.1 Å². The maximum atomic E-state index is 13.3. The fraction of sp³-hybridized carbons (Fsp3) is 0.571. The summed E-state index contributed by atoms with van der Waals surface area (Å²) in [4.78, 5) is 2.47. The predicted octanol–water partition coefficient (Wildman–Crippen LogP) is 2.55. The van der Waals surface area contributed by atoms with Gasteiger partial charge in [-0.05, 0) is 50.5 Å². The molecule has 0 bridgehead atoms. The zero-order valence-corrected chi connectivity index (χ0v) is 11.0. The second-order valence-corrected chi connectivity index (χ2v) is 4.96. The zero-order valence-electron chi connectivity index (χ0n) is 11.0. The average molecular weight is 251 g/mol. The molecule has 1 fully saturated rings. The molecule has 0 aromatic heterocycles. The number of hydrogen-bond acceptors (Lipinski definition) is 3. The van der Waals surface area contributed by atoms with Crippen molar-refractivity contribution < 1.29 is 4.39 Å². The van der Waals surface area contributed by atoms with Crippen molar-refractivity contribution in [3.63, 3.8) is 0 Å². The van der Waals surface area contributed by atoms with Crippen LogP contribution in [0.25, 0.3) is 0 Å². The van der Waals surface area contributed by atoms with Crippen molar-refractivity contribution in [3.05, 3.63) is 24.0 Å². The van der Waals surface area contributed by atoms with Gasteiger partial charge in [-0.15, -0.1) is 0 Å². The number of piperidine rings is 1. The van der Waals surface area contributed by atoms with Crippen LogP contribution in [0.15, 0.2) is 18.2 Å². The average Bonchev–Trinajstić information content (AvgIpc) is 2.41. The molecule has 1 aromatic rings. The van der Waals surface area contributed by atoms with Crippen LogP contribution < -0.4 is 11.1 Å². The molecule has 1 saturated heterocycles. The Morgan fingerprint density at radius 1 is 1.39 bits per heavy atom. The van der Waals surface area contributed by atoms with Gasteiger partial charge in [-0.25, -0.2) is 4.39 Å². The molecule has 0 saturated carbocycles. The number of para-hydroxylation sites is 1. The van der Waals surface area contributed by atoms with Gasteiger partial charge in [0.2, 0.25) is 0 Å². The Morgan fingerprint density at radius 3 is 2.78 bits per heavy atom. The first-order valence-corrected chi connectivity index (χ1v) is 6.71. The monoisotopic (exact) mass is 251 g/mol. The van der Waals surface area contributed by atoms with E-state index in [1.54, 1.807) is 6.07 Å². The number of nitrogens with one attached hydrogen (secondary N) is 1. The Labute approximate surface area is 108 Å². The summed E-state index contributed by atoms with van der Waals surface area (Å²) >= 11 is 0. The summed E-state index contributed by atoms with van der Waals surface area (Å²) < 4.78 is 13.3. The summed E-state index contributed by atoms with van der Waals surface area (Å²) in [6.07, 6.45) is 2.41. The number of likely N-dealkylation sites (tertiary alicyclic amines) is 1. The van der Waals surface area contributed by atoms with E-state index in [1.165, 1.54) is 32.0 Å². The summed E-state index contributed by atoms with van der Waals surface area (Å²) in [5, 5.41) is 3.27. The molecule has 3 N–H and O–H groups in total. The maximum absolute atomic E-state index is 13.3. The van der Waals surface area contributed by atoms with Gasteiger partial charge in [-0.3, -0.25) is 0 Å².